The van der Waals surface area contributed by atoms with Crippen molar-refractivity contribution in [2.45, 2.75) is 58.4 Å². The molecular formula is C22H33N5O2. The highest BCUT2D eigenvalue weighted by Crippen LogP contribution is 2.26. The first kappa shape index (κ1) is 20.3. The fourth-order valence-electron chi connectivity index (χ4n) is 4.73. The number of hydrogen-bond donors (Lipinski definition) is 0. The van der Waals surface area contributed by atoms with Crippen LogP contribution in [-0.2, 0) is 22.6 Å². The molecule has 3 aliphatic heterocycles. The molecule has 1 atom stereocenters. The van der Waals surface area contributed by atoms with Crippen LogP contribution in [0.15, 0.2) is 6.20 Å². The Kier molecular flexibility index (Phi) is 6.13. The van der Waals surface area contributed by atoms with Crippen LogP contribution in [-0.4, -0.2) is 75.8 Å². The lowest BCUT2D eigenvalue weighted by molar-refractivity contribution is -0.133. The first-order valence-electron chi connectivity index (χ1n) is 11.1. The zero-order chi connectivity index (χ0) is 20.4. The maximum Gasteiger partial charge on any atom is 0.237 e. The summed E-state index contributed by atoms with van der Waals surface area (Å²) in [4.78, 5) is 40.1. The van der Waals surface area contributed by atoms with Crippen LogP contribution in [0, 0.1) is 5.92 Å². The highest BCUT2D eigenvalue weighted by atomic mass is 16.2. The van der Waals surface area contributed by atoms with Crippen LogP contribution in [0.5, 0.6) is 0 Å². The summed E-state index contributed by atoms with van der Waals surface area (Å²) in [6, 6.07) is 0. The standard InChI is InChI=1S/C22H33N5O2/c1-16-5-9-25(10-6-16)15-21(29)27-11-7-20-19(14-27)12-23-22(24-20)18-4-3-8-26(13-18)17(2)28/h12,16,18H,3-11,13-15H2,1-2H3. The van der Waals surface area contributed by atoms with E-state index in [-0.39, 0.29) is 17.7 Å². The average molecular weight is 400 g/mol. The average Bonchev–Trinajstić information content (AvgIpc) is 2.74. The van der Waals surface area contributed by atoms with Gasteiger partial charge in [-0.2, -0.15) is 0 Å². The molecule has 0 bridgehead atoms. The van der Waals surface area contributed by atoms with Gasteiger partial charge in [-0.1, -0.05) is 6.92 Å². The number of nitrogens with zero attached hydrogens (tertiary/aromatic N) is 5. The highest BCUT2D eigenvalue weighted by Gasteiger charge is 2.28. The number of aromatic nitrogens is 2. The monoisotopic (exact) mass is 399 g/mol. The van der Waals surface area contributed by atoms with E-state index in [1.807, 2.05) is 16.0 Å². The third-order valence-electron chi connectivity index (χ3n) is 6.77. The number of carbonyl (C=O) groups excluding carboxylic acids is 2. The van der Waals surface area contributed by atoms with Crippen LogP contribution in [0.25, 0.3) is 0 Å². The third kappa shape index (κ3) is 4.77. The molecule has 4 heterocycles. The second-order valence-corrected chi connectivity index (χ2v) is 9.03. The van der Waals surface area contributed by atoms with Gasteiger partial charge >= 0.3 is 0 Å². The fourth-order valence-corrected chi connectivity index (χ4v) is 4.73. The van der Waals surface area contributed by atoms with E-state index in [0.29, 0.717) is 19.6 Å². The summed E-state index contributed by atoms with van der Waals surface area (Å²) >= 11 is 0. The molecule has 1 unspecified atom stereocenters. The van der Waals surface area contributed by atoms with E-state index in [1.165, 1.54) is 12.8 Å². The van der Waals surface area contributed by atoms with E-state index in [2.05, 4.69) is 16.8 Å². The maximum absolute atomic E-state index is 12.8. The third-order valence-corrected chi connectivity index (χ3v) is 6.77. The van der Waals surface area contributed by atoms with E-state index < -0.39 is 0 Å². The Bertz CT molecular complexity index is 760. The van der Waals surface area contributed by atoms with Gasteiger partial charge in [-0.3, -0.25) is 14.5 Å². The molecule has 0 radical (unpaired) electrons. The number of hydrogen-bond acceptors (Lipinski definition) is 5. The SMILES string of the molecule is CC(=O)N1CCCC(c2ncc3c(n2)CCN(C(=O)CN2CCC(C)CC2)C3)C1. The predicted octanol–water partition coefficient (Wildman–Crippen LogP) is 1.82. The molecule has 0 spiro atoms. The smallest absolute Gasteiger partial charge is 0.237 e. The van der Waals surface area contributed by atoms with Crippen LogP contribution in [0.3, 0.4) is 0 Å². The van der Waals surface area contributed by atoms with Gasteiger partial charge < -0.3 is 9.80 Å². The maximum atomic E-state index is 12.8. The van der Waals surface area contributed by atoms with Crippen LogP contribution in [0.2, 0.25) is 0 Å². The van der Waals surface area contributed by atoms with Crippen LogP contribution in [0.1, 0.15) is 62.5 Å². The van der Waals surface area contributed by atoms with Gasteiger partial charge in [0, 0.05) is 57.2 Å². The summed E-state index contributed by atoms with van der Waals surface area (Å²) in [6.07, 6.45) is 7.11. The lowest BCUT2D eigenvalue weighted by Crippen LogP contribution is -2.45. The number of amides is 2. The lowest BCUT2D eigenvalue weighted by Gasteiger charge is -2.34. The van der Waals surface area contributed by atoms with E-state index in [1.54, 1.807) is 6.92 Å². The molecule has 0 aromatic carbocycles. The number of fused-ring (bicyclic) bond motifs is 1. The molecule has 1 aromatic rings. The summed E-state index contributed by atoms with van der Waals surface area (Å²) < 4.78 is 0. The molecule has 3 aliphatic rings. The topological polar surface area (TPSA) is 69.6 Å². The lowest BCUT2D eigenvalue weighted by atomic mass is 9.96. The van der Waals surface area contributed by atoms with Crippen molar-refractivity contribution in [3.05, 3.63) is 23.3 Å². The molecule has 0 saturated carbocycles. The van der Waals surface area contributed by atoms with Gasteiger partial charge in [0.15, 0.2) is 0 Å². The largest absolute Gasteiger partial charge is 0.342 e. The summed E-state index contributed by atoms with van der Waals surface area (Å²) in [5.74, 6) is 2.21. The van der Waals surface area contributed by atoms with Gasteiger partial charge in [0.2, 0.25) is 11.8 Å². The van der Waals surface area contributed by atoms with Gasteiger partial charge in [-0.25, -0.2) is 9.97 Å². The van der Waals surface area contributed by atoms with Crippen molar-refractivity contribution in [3.8, 4) is 0 Å². The molecule has 29 heavy (non-hydrogen) atoms. The molecule has 2 amide bonds. The van der Waals surface area contributed by atoms with Crippen molar-refractivity contribution >= 4 is 11.8 Å². The molecule has 0 aliphatic carbocycles. The van der Waals surface area contributed by atoms with Gasteiger partial charge in [0.1, 0.15) is 5.82 Å². The normalized spacial score (nSPS) is 23.7. The number of piperidine rings is 2. The Hall–Kier alpha value is -2.02. The zero-order valence-corrected chi connectivity index (χ0v) is 17.8. The molecule has 0 N–H and O–H groups in total. The van der Waals surface area contributed by atoms with Crippen molar-refractivity contribution in [1.29, 1.82) is 0 Å². The molecule has 4 rings (SSSR count). The Morgan fingerprint density at radius 2 is 1.90 bits per heavy atom. The van der Waals surface area contributed by atoms with Gasteiger partial charge in [0.25, 0.3) is 0 Å². The molecule has 7 nitrogen and oxygen atoms in total. The predicted molar refractivity (Wildman–Crippen MR) is 110 cm³/mol. The van der Waals surface area contributed by atoms with E-state index in [9.17, 15) is 9.59 Å². The Morgan fingerprint density at radius 1 is 1.10 bits per heavy atom. The second kappa shape index (κ2) is 8.78. The molecule has 2 fully saturated rings. The Morgan fingerprint density at radius 3 is 2.66 bits per heavy atom. The highest BCUT2D eigenvalue weighted by molar-refractivity contribution is 5.78. The molecule has 1 aromatic heterocycles. The van der Waals surface area contributed by atoms with Gasteiger partial charge in [-0.05, 0) is 44.7 Å². The Labute approximate surface area is 173 Å². The molecule has 158 valence electrons. The summed E-state index contributed by atoms with van der Waals surface area (Å²) in [5, 5.41) is 0. The fraction of sp³-hybridized carbons (Fsp3) is 0.727. The van der Waals surface area contributed by atoms with Crippen LogP contribution in [0.4, 0.5) is 0 Å². The number of carbonyl (C=O) groups is 2. The molecule has 2 saturated heterocycles. The quantitative estimate of drug-likeness (QED) is 0.775. The van der Waals surface area contributed by atoms with Crippen molar-refractivity contribution in [2.75, 3.05) is 39.3 Å². The first-order valence-corrected chi connectivity index (χ1v) is 11.1. The Balaban J connectivity index is 1.36. The minimum absolute atomic E-state index is 0.130. The summed E-state index contributed by atoms with van der Waals surface area (Å²) in [5.41, 5.74) is 2.14. The van der Waals surface area contributed by atoms with Gasteiger partial charge in [-0.15, -0.1) is 0 Å². The van der Waals surface area contributed by atoms with E-state index >= 15 is 0 Å². The van der Waals surface area contributed by atoms with Crippen molar-refractivity contribution < 1.29 is 9.59 Å². The molecular weight excluding hydrogens is 366 g/mol. The first-order chi connectivity index (χ1) is 14.0. The van der Waals surface area contributed by atoms with Crippen molar-refractivity contribution in [2.24, 2.45) is 5.92 Å². The summed E-state index contributed by atoms with van der Waals surface area (Å²) in [7, 11) is 0. The summed E-state index contributed by atoms with van der Waals surface area (Å²) in [6.45, 7) is 9.41. The van der Waals surface area contributed by atoms with Crippen LogP contribution < -0.4 is 0 Å². The van der Waals surface area contributed by atoms with Gasteiger partial charge in [0.05, 0.1) is 12.2 Å². The second-order valence-electron chi connectivity index (χ2n) is 9.03. The van der Waals surface area contributed by atoms with Crippen molar-refractivity contribution in [1.82, 2.24) is 24.7 Å². The zero-order valence-electron chi connectivity index (χ0n) is 17.8. The van der Waals surface area contributed by atoms with Crippen LogP contribution >= 0.6 is 0 Å². The van der Waals surface area contributed by atoms with Crippen molar-refractivity contribution in [3.63, 3.8) is 0 Å². The van der Waals surface area contributed by atoms with E-state index in [0.717, 1.165) is 68.4 Å². The number of likely N-dealkylation sites (tertiary alicyclic amines) is 2. The minimum atomic E-state index is 0.130. The minimum Gasteiger partial charge on any atom is -0.342 e. The van der Waals surface area contributed by atoms with E-state index in [4.69, 9.17) is 4.98 Å². The number of rotatable bonds is 3. The molecule has 7 heteroatoms.